The fraction of sp³-hybridized carbons (Fsp3) is 0.455. The lowest BCUT2D eigenvalue weighted by molar-refractivity contribution is -0.122. The van der Waals surface area contributed by atoms with Gasteiger partial charge in [-0.2, -0.15) is 0 Å². The van der Waals surface area contributed by atoms with Crippen molar-refractivity contribution in [2.75, 3.05) is 5.32 Å². The van der Waals surface area contributed by atoms with Gasteiger partial charge in [0.05, 0.1) is 28.5 Å². The number of carbonyl (C=O) groups is 1. The zero-order valence-electron chi connectivity index (χ0n) is 9.35. The van der Waals surface area contributed by atoms with Crippen molar-refractivity contribution in [1.29, 1.82) is 0 Å². The van der Waals surface area contributed by atoms with Crippen LogP contribution in [0.4, 0.5) is 5.69 Å². The molecule has 0 unspecified atom stereocenters. The Hall–Kier alpha value is -1.56. The summed E-state index contributed by atoms with van der Waals surface area (Å²) < 4.78 is 0. The van der Waals surface area contributed by atoms with Crippen LogP contribution in [0.5, 0.6) is 0 Å². The molecule has 1 saturated carbocycles. The van der Waals surface area contributed by atoms with E-state index < -0.39 is 5.41 Å². The molecule has 1 aliphatic carbocycles. The predicted molar refractivity (Wildman–Crippen MR) is 68.3 cm³/mol. The molecule has 17 heavy (non-hydrogen) atoms. The first kappa shape index (κ1) is 11.9. The molecular formula is C11H14N4OS. The molecule has 1 heterocycles. The summed E-state index contributed by atoms with van der Waals surface area (Å²) in [5.74, 6) is -0.141. The van der Waals surface area contributed by atoms with E-state index in [4.69, 9.17) is 18.0 Å². The maximum Gasteiger partial charge on any atom is 0.237 e. The lowest BCUT2D eigenvalue weighted by Crippen LogP contribution is -2.43. The number of nitrogens with one attached hydrogen (secondary N) is 1. The van der Waals surface area contributed by atoms with Crippen molar-refractivity contribution in [2.45, 2.75) is 25.7 Å². The van der Waals surface area contributed by atoms with Crippen LogP contribution in [0.1, 0.15) is 25.7 Å². The number of nitrogens with zero attached hydrogens (tertiary/aromatic N) is 2. The second-order valence-electron chi connectivity index (χ2n) is 4.23. The zero-order chi connectivity index (χ0) is 12.3. The van der Waals surface area contributed by atoms with E-state index in [1.807, 2.05) is 0 Å². The number of thiocarbonyl (C=S) groups is 1. The van der Waals surface area contributed by atoms with E-state index in [-0.39, 0.29) is 10.9 Å². The van der Waals surface area contributed by atoms with Gasteiger partial charge in [0.25, 0.3) is 0 Å². The fourth-order valence-corrected chi connectivity index (χ4v) is 2.48. The van der Waals surface area contributed by atoms with Crippen molar-refractivity contribution in [3.63, 3.8) is 0 Å². The fourth-order valence-electron chi connectivity index (χ4n) is 2.18. The standard InChI is InChI=1S/C11H14N4OS/c12-9(17)11(3-1-2-4-11)10(16)15-8-5-13-7-14-6-8/h5-7H,1-4H2,(H2,12,17)(H,15,16). The van der Waals surface area contributed by atoms with Crippen LogP contribution in [-0.4, -0.2) is 20.9 Å². The number of anilines is 1. The number of hydrogen-bond donors (Lipinski definition) is 2. The van der Waals surface area contributed by atoms with E-state index >= 15 is 0 Å². The van der Waals surface area contributed by atoms with Gasteiger partial charge < -0.3 is 11.1 Å². The summed E-state index contributed by atoms with van der Waals surface area (Å²) in [5.41, 5.74) is 5.61. The Balaban J connectivity index is 2.16. The Morgan fingerprint density at radius 2 is 1.94 bits per heavy atom. The molecule has 1 aromatic rings. The Labute approximate surface area is 105 Å². The molecule has 0 radical (unpaired) electrons. The van der Waals surface area contributed by atoms with E-state index in [2.05, 4.69) is 15.3 Å². The number of nitrogens with two attached hydrogens (primary N) is 1. The highest BCUT2D eigenvalue weighted by Crippen LogP contribution is 2.39. The Morgan fingerprint density at radius 1 is 1.35 bits per heavy atom. The van der Waals surface area contributed by atoms with Gasteiger partial charge in [-0.15, -0.1) is 0 Å². The van der Waals surface area contributed by atoms with E-state index in [1.54, 1.807) is 12.4 Å². The monoisotopic (exact) mass is 250 g/mol. The topological polar surface area (TPSA) is 80.9 Å². The van der Waals surface area contributed by atoms with E-state index in [0.29, 0.717) is 5.69 Å². The SMILES string of the molecule is NC(=S)C1(C(=O)Nc2cncnc2)CCCC1. The first-order chi connectivity index (χ1) is 8.15. The summed E-state index contributed by atoms with van der Waals surface area (Å²) >= 11 is 5.05. The van der Waals surface area contributed by atoms with Crippen molar-refractivity contribution >= 4 is 28.8 Å². The zero-order valence-corrected chi connectivity index (χ0v) is 10.2. The Morgan fingerprint density at radius 3 is 2.47 bits per heavy atom. The lowest BCUT2D eigenvalue weighted by Gasteiger charge is -2.25. The Bertz CT molecular complexity index is 428. The third-order valence-corrected chi connectivity index (χ3v) is 3.57. The number of aromatic nitrogens is 2. The predicted octanol–water partition coefficient (Wildman–Crippen LogP) is 1.26. The molecule has 1 fully saturated rings. The molecule has 1 aromatic heterocycles. The molecule has 1 amide bonds. The molecule has 0 aliphatic heterocycles. The van der Waals surface area contributed by atoms with Gasteiger partial charge in [0.1, 0.15) is 6.33 Å². The van der Waals surface area contributed by atoms with E-state index in [9.17, 15) is 4.79 Å². The van der Waals surface area contributed by atoms with E-state index in [0.717, 1.165) is 25.7 Å². The average molecular weight is 250 g/mol. The first-order valence-corrected chi connectivity index (χ1v) is 5.92. The molecule has 2 rings (SSSR count). The number of amides is 1. The molecule has 5 nitrogen and oxygen atoms in total. The smallest absolute Gasteiger partial charge is 0.237 e. The van der Waals surface area contributed by atoms with Gasteiger partial charge >= 0.3 is 0 Å². The van der Waals surface area contributed by atoms with Crippen molar-refractivity contribution < 1.29 is 4.79 Å². The van der Waals surface area contributed by atoms with Gasteiger partial charge in [0.15, 0.2) is 0 Å². The summed E-state index contributed by atoms with van der Waals surface area (Å²) in [6.07, 6.45) is 7.92. The summed E-state index contributed by atoms with van der Waals surface area (Å²) in [6.45, 7) is 0. The highest BCUT2D eigenvalue weighted by atomic mass is 32.1. The highest BCUT2D eigenvalue weighted by molar-refractivity contribution is 7.80. The molecule has 6 heteroatoms. The lowest BCUT2D eigenvalue weighted by atomic mass is 9.85. The van der Waals surface area contributed by atoms with Gasteiger partial charge in [-0.05, 0) is 12.8 Å². The van der Waals surface area contributed by atoms with Crippen LogP contribution >= 0.6 is 12.2 Å². The van der Waals surface area contributed by atoms with Crippen LogP contribution in [0.25, 0.3) is 0 Å². The maximum atomic E-state index is 12.2. The molecule has 0 spiro atoms. The molecule has 0 bridgehead atoms. The maximum absolute atomic E-state index is 12.2. The molecule has 3 N–H and O–H groups in total. The molecule has 0 aromatic carbocycles. The molecule has 1 aliphatic rings. The third kappa shape index (κ3) is 2.26. The second kappa shape index (κ2) is 4.75. The minimum absolute atomic E-state index is 0.141. The van der Waals surface area contributed by atoms with Crippen molar-refractivity contribution in [3.05, 3.63) is 18.7 Å². The van der Waals surface area contributed by atoms with Crippen LogP contribution in [0.3, 0.4) is 0 Å². The number of hydrogen-bond acceptors (Lipinski definition) is 4. The first-order valence-electron chi connectivity index (χ1n) is 5.51. The quantitative estimate of drug-likeness (QED) is 0.789. The van der Waals surface area contributed by atoms with Gasteiger partial charge in [-0.3, -0.25) is 4.79 Å². The van der Waals surface area contributed by atoms with Crippen LogP contribution < -0.4 is 11.1 Å². The van der Waals surface area contributed by atoms with Crippen LogP contribution in [0.2, 0.25) is 0 Å². The highest BCUT2D eigenvalue weighted by Gasteiger charge is 2.43. The average Bonchev–Trinajstić information content (AvgIpc) is 2.80. The minimum Gasteiger partial charge on any atom is -0.392 e. The Kier molecular flexibility index (Phi) is 3.33. The van der Waals surface area contributed by atoms with Crippen LogP contribution in [0, 0.1) is 5.41 Å². The van der Waals surface area contributed by atoms with Crippen LogP contribution in [0.15, 0.2) is 18.7 Å². The van der Waals surface area contributed by atoms with Gasteiger partial charge in [0.2, 0.25) is 5.91 Å². The van der Waals surface area contributed by atoms with E-state index in [1.165, 1.54) is 6.33 Å². The van der Waals surface area contributed by atoms with Crippen molar-refractivity contribution in [2.24, 2.45) is 11.1 Å². The molecule has 0 atom stereocenters. The molecule has 0 saturated heterocycles. The summed E-state index contributed by atoms with van der Waals surface area (Å²) in [4.78, 5) is 20.2. The second-order valence-corrected chi connectivity index (χ2v) is 4.67. The summed E-state index contributed by atoms with van der Waals surface area (Å²) in [6, 6.07) is 0. The van der Waals surface area contributed by atoms with Crippen molar-refractivity contribution in [1.82, 2.24) is 9.97 Å². The van der Waals surface area contributed by atoms with Crippen LogP contribution in [-0.2, 0) is 4.79 Å². The van der Waals surface area contributed by atoms with Gasteiger partial charge in [-0.1, -0.05) is 25.1 Å². The number of carbonyl (C=O) groups excluding carboxylic acids is 1. The van der Waals surface area contributed by atoms with Gasteiger partial charge in [0, 0.05) is 0 Å². The normalized spacial score (nSPS) is 17.6. The number of rotatable bonds is 3. The third-order valence-electron chi connectivity index (χ3n) is 3.18. The molecular weight excluding hydrogens is 236 g/mol. The largest absolute Gasteiger partial charge is 0.392 e. The summed E-state index contributed by atoms with van der Waals surface area (Å²) in [5, 5.41) is 2.77. The summed E-state index contributed by atoms with van der Waals surface area (Å²) in [7, 11) is 0. The molecule has 90 valence electrons. The minimum atomic E-state index is -0.689. The van der Waals surface area contributed by atoms with Crippen molar-refractivity contribution in [3.8, 4) is 0 Å². The van der Waals surface area contributed by atoms with Gasteiger partial charge in [-0.25, -0.2) is 9.97 Å².